The van der Waals surface area contributed by atoms with Crippen LogP contribution < -0.4 is 14.4 Å². The molecule has 144 valence electrons. The fraction of sp³-hybridized carbons (Fsp3) is 0.300. The lowest BCUT2D eigenvalue weighted by atomic mass is 9.93. The Labute approximate surface area is 162 Å². The highest BCUT2D eigenvalue weighted by atomic mass is 16.5. The molecule has 2 aromatic heterocycles. The van der Waals surface area contributed by atoms with E-state index in [1.807, 2.05) is 18.2 Å². The van der Waals surface area contributed by atoms with Crippen LogP contribution in [0.3, 0.4) is 0 Å². The van der Waals surface area contributed by atoms with E-state index in [1.165, 1.54) is 0 Å². The Kier molecular flexibility index (Phi) is 4.06. The molecule has 8 nitrogen and oxygen atoms in total. The van der Waals surface area contributed by atoms with Gasteiger partial charge in [0.2, 0.25) is 0 Å². The van der Waals surface area contributed by atoms with Crippen molar-refractivity contribution >= 4 is 23.0 Å². The van der Waals surface area contributed by atoms with E-state index in [-0.39, 0.29) is 11.6 Å². The number of hydrogen-bond acceptors (Lipinski definition) is 6. The van der Waals surface area contributed by atoms with Crippen molar-refractivity contribution in [2.75, 3.05) is 19.1 Å². The standard InChI is InChI=1S/C20H21N5O3/c1-20(2)17(26)16(19-22-15-7-5-6-8-24(15)23-19)18(21)25(20)12-9-13(27-3)11-14(10-12)28-4/h5-11,16,21H,1-4H3. The second-order valence-corrected chi connectivity index (χ2v) is 7.12. The summed E-state index contributed by atoms with van der Waals surface area (Å²) in [4.78, 5) is 19.4. The molecule has 1 N–H and O–H groups in total. The van der Waals surface area contributed by atoms with E-state index < -0.39 is 11.5 Å². The van der Waals surface area contributed by atoms with Gasteiger partial charge >= 0.3 is 0 Å². The Balaban J connectivity index is 1.82. The number of methoxy groups -OCH3 is 2. The summed E-state index contributed by atoms with van der Waals surface area (Å²) in [5.74, 6) is 0.648. The molecule has 0 aliphatic carbocycles. The molecule has 28 heavy (non-hydrogen) atoms. The van der Waals surface area contributed by atoms with E-state index >= 15 is 0 Å². The monoisotopic (exact) mass is 379 g/mol. The first-order valence-corrected chi connectivity index (χ1v) is 8.84. The van der Waals surface area contributed by atoms with Gasteiger partial charge in [-0.15, -0.1) is 0 Å². The predicted octanol–water partition coefficient (Wildman–Crippen LogP) is 2.68. The molecule has 1 aromatic carbocycles. The number of pyridine rings is 1. The summed E-state index contributed by atoms with van der Waals surface area (Å²) in [5, 5.41) is 13.2. The molecule has 0 saturated carbocycles. The van der Waals surface area contributed by atoms with Crippen LogP contribution in [0.2, 0.25) is 0 Å². The highest BCUT2D eigenvalue weighted by Crippen LogP contribution is 2.41. The number of carbonyl (C=O) groups is 1. The number of Topliss-reactive ketones (excluding diaryl/α,β-unsaturated/α-hetero) is 1. The van der Waals surface area contributed by atoms with Crippen molar-refractivity contribution in [2.45, 2.75) is 25.3 Å². The van der Waals surface area contributed by atoms with Crippen molar-refractivity contribution in [3.05, 3.63) is 48.4 Å². The number of aromatic nitrogens is 3. The van der Waals surface area contributed by atoms with Crippen molar-refractivity contribution in [2.24, 2.45) is 0 Å². The van der Waals surface area contributed by atoms with E-state index in [4.69, 9.17) is 14.9 Å². The smallest absolute Gasteiger partial charge is 0.176 e. The average molecular weight is 379 g/mol. The Morgan fingerprint density at radius 2 is 1.79 bits per heavy atom. The molecule has 3 aromatic rings. The van der Waals surface area contributed by atoms with Crippen molar-refractivity contribution in [3.63, 3.8) is 0 Å². The number of hydrogen-bond donors (Lipinski definition) is 1. The Morgan fingerprint density at radius 3 is 2.39 bits per heavy atom. The maximum absolute atomic E-state index is 13.3. The van der Waals surface area contributed by atoms with Crippen LogP contribution in [0, 0.1) is 5.41 Å². The largest absolute Gasteiger partial charge is 0.497 e. The Bertz CT molecular complexity index is 1030. The third kappa shape index (κ3) is 2.60. The van der Waals surface area contributed by atoms with Crippen LogP contribution in [-0.4, -0.2) is 46.0 Å². The van der Waals surface area contributed by atoms with Crippen LogP contribution in [0.25, 0.3) is 5.65 Å². The summed E-state index contributed by atoms with van der Waals surface area (Å²) in [5.41, 5.74) is 0.333. The third-order valence-corrected chi connectivity index (χ3v) is 5.05. The minimum atomic E-state index is -0.948. The van der Waals surface area contributed by atoms with Crippen LogP contribution in [0.1, 0.15) is 25.6 Å². The summed E-state index contributed by atoms with van der Waals surface area (Å²) in [6, 6.07) is 10.8. The van der Waals surface area contributed by atoms with Gasteiger partial charge in [-0.2, -0.15) is 5.10 Å². The number of carbonyl (C=O) groups excluding carboxylic acids is 1. The van der Waals surface area contributed by atoms with Crippen molar-refractivity contribution in [3.8, 4) is 11.5 Å². The second-order valence-electron chi connectivity index (χ2n) is 7.12. The third-order valence-electron chi connectivity index (χ3n) is 5.05. The molecule has 1 aliphatic rings. The number of amidine groups is 1. The van der Waals surface area contributed by atoms with Gasteiger partial charge in [0.05, 0.1) is 19.9 Å². The molecule has 1 saturated heterocycles. The topological polar surface area (TPSA) is 92.8 Å². The molecule has 3 heterocycles. The first-order chi connectivity index (χ1) is 13.4. The number of nitrogens with one attached hydrogen (secondary N) is 1. The number of rotatable bonds is 4. The highest BCUT2D eigenvalue weighted by Gasteiger charge is 2.53. The maximum atomic E-state index is 13.3. The molecular formula is C20H21N5O3. The Hall–Kier alpha value is -3.42. The molecule has 1 aliphatic heterocycles. The number of anilines is 1. The van der Waals surface area contributed by atoms with E-state index in [0.29, 0.717) is 28.7 Å². The molecule has 1 unspecified atom stereocenters. The van der Waals surface area contributed by atoms with Gasteiger partial charge in [0, 0.05) is 24.4 Å². The highest BCUT2D eigenvalue weighted by molar-refractivity contribution is 6.25. The number of fused-ring (bicyclic) bond motifs is 1. The minimum Gasteiger partial charge on any atom is -0.497 e. The normalized spacial score (nSPS) is 18.7. The van der Waals surface area contributed by atoms with Gasteiger partial charge in [-0.25, -0.2) is 9.50 Å². The van der Waals surface area contributed by atoms with Gasteiger partial charge < -0.3 is 14.4 Å². The maximum Gasteiger partial charge on any atom is 0.176 e. The average Bonchev–Trinajstić information content (AvgIpc) is 3.17. The van der Waals surface area contributed by atoms with Gasteiger partial charge in [0.25, 0.3) is 0 Å². The van der Waals surface area contributed by atoms with Gasteiger partial charge in [0.15, 0.2) is 17.3 Å². The molecule has 8 heteroatoms. The van der Waals surface area contributed by atoms with Gasteiger partial charge in [-0.1, -0.05) is 6.07 Å². The number of nitrogens with zero attached hydrogens (tertiary/aromatic N) is 4. The van der Waals surface area contributed by atoms with E-state index in [0.717, 1.165) is 0 Å². The van der Waals surface area contributed by atoms with Gasteiger partial charge in [-0.05, 0) is 26.0 Å². The van der Waals surface area contributed by atoms with Crippen molar-refractivity contribution in [1.29, 1.82) is 5.41 Å². The fourth-order valence-corrected chi connectivity index (χ4v) is 3.61. The molecule has 4 rings (SSSR count). The molecule has 0 amide bonds. The lowest BCUT2D eigenvalue weighted by Gasteiger charge is -2.31. The molecule has 1 fully saturated rings. The summed E-state index contributed by atoms with van der Waals surface area (Å²) in [6.45, 7) is 3.59. The number of ether oxygens (including phenoxy) is 2. The van der Waals surface area contributed by atoms with Crippen LogP contribution in [0.4, 0.5) is 5.69 Å². The predicted molar refractivity (Wildman–Crippen MR) is 105 cm³/mol. The van der Waals surface area contributed by atoms with E-state index in [9.17, 15) is 4.79 Å². The second kappa shape index (κ2) is 6.33. The van der Waals surface area contributed by atoms with Crippen LogP contribution >= 0.6 is 0 Å². The lowest BCUT2D eigenvalue weighted by molar-refractivity contribution is -0.121. The van der Waals surface area contributed by atoms with Crippen LogP contribution in [0.5, 0.6) is 11.5 Å². The molecule has 0 radical (unpaired) electrons. The number of benzene rings is 1. The fourth-order valence-electron chi connectivity index (χ4n) is 3.61. The summed E-state index contributed by atoms with van der Waals surface area (Å²) in [7, 11) is 3.13. The summed E-state index contributed by atoms with van der Waals surface area (Å²) >= 11 is 0. The zero-order chi connectivity index (χ0) is 20.1. The zero-order valence-electron chi connectivity index (χ0n) is 16.1. The Morgan fingerprint density at radius 1 is 1.11 bits per heavy atom. The lowest BCUT2D eigenvalue weighted by Crippen LogP contribution is -2.44. The van der Waals surface area contributed by atoms with Gasteiger partial charge in [-0.3, -0.25) is 10.2 Å². The van der Waals surface area contributed by atoms with E-state index in [1.54, 1.807) is 61.9 Å². The van der Waals surface area contributed by atoms with Gasteiger partial charge in [0.1, 0.15) is 28.8 Å². The van der Waals surface area contributed by atoms with Crippen LogP contribution in [0.15, 0.2) is 42.6 Å². The van der Waals surface area contributed by atoms with Crippen molar-refractivity contribution < 1.29 is 14.3 Å². The first-order valence-electron chi connectivity index (χ1n) is 8.84. The summed E-state index contributed by atoms with van der Waals surface area (Å²) < 4.78 is 12.3. The van der Waals surface area contributed by atoms with Crippen molar-refractivity contribution in [1.82, 2.24) is 14.6 Å². The quantitative estimate of drug-likeness (QED) is 0.749. The molecule has 1 atom stereocenters. The number of ketones is 1. The zero-order valence-corrected chi connectivity index (χ0v) is 16.1. The minimum absolute atomic E-state index is 0.126. The van der Waals surface area contributed by atoms with E-state index in [2.05, 4.69) is 10.1 Å². The SMILES string of the molecule is COc1cc(OC)cc(N2C(=N)C(c3nc4ccccn4n3)C(=O)C2(C)C)c1. The molecule has 0 bridgehead atoms. The molecular weight excluding hydrogens is 358 g/mol. The summed E-state index contributed by atoms with van der Waals surface area (Å²) in [6.07, 6.45) is 1.77. The molecule has 0 spiro atoms. The van der Waals surface area contributed by atoms with Crippen LogP contribution in [-0.2, 0) is 4.79 Å². The first kappa shape index (κ1) is 18.0.